The normalized spacial score (nSPS) is 26.4. The number of piperidine rings is 1. The second-order valence-electron chi connectivity index (χ2n) is 10.3. The molecule has 0 bridgehead atoms. The van der Waals surface area contributed by atoms with E-state index in [0.717, 1.165) is 37.1 Å². The summed E-state index contributed by atoms with van der Waals surface area (Å²) in [7, 11) is 0. The molecule has 0 unspecified atom stereocenters. The summed E-state index contributed by atoms with van der Waals surface area (Å²) in [4.78, 5) is 29.3. The maximum Gasteiger partial charge on any atom is 0.326 e. The highest BCUT2D eigenvalue weighted by Gasteiger charge is 2.41. The molecule has 4 atom stereocenters. The van der Waals surface area contributed by atoms with Crippen molar-refractivity contribution in [3.63, 3.8) is 0 Å². The van der Waals surface area contributed by atoms with Gasteiger partial charge in [0.05, 0.1) is 5.92 Å². The second-order valence-corrected chi connectivity index (χ2v) is 10.3. The van der Waals surface area contributed by atoms with Gasteiger partial charge >= 0.3 is 5.97 Å². The number of hydrogen-bond donors (Lipinski definition) is 2. The van der Waals surface area contributed by atoms with E-state index in [-0.39, 0.29) is 17.2 Å². The standard InChI is InChI=1S/C28H36N2O4/c1-20-18-29(15-13-28(20,2)23-10-6-11-24(31)17-23)19-22(16-21-8-4-3-5-9-21)26(32)30-14-7-12-25(30)27(33)34/h3-6,8-11,17,20,22,25,31H,7,12-16,18-19H2,1-2H3,(H,33,34)/t20-,22-,25-,28+/m0/s1. The average Bonchev–Trinajstić information content (AvgIpc) is 3.32. The maximum absolute atomic E-state index is 13.6. The van der Waals surface area contributed by atoms with E-state index in [4.69, 9.17) is 0 Å². The lowest BCUT2D eigenvalue weighted by atomic mass is 9.68. The van der Waals surface area contributed by atoms with Gasteiger partial charge in [-0.25, -0.2) is 4.79 Å². The maximum atomic E-state index is 13.6. The van der Waals surface area contributed by atoms with Crippen molar-refractivity contribution in [1.82, 2.24) is 9.80 Å². The van der Waals surface area contributed by atoms with Crippen LogP contribution in [0.1, 0.15) is 44.2 Å². The van der Waals surface area contributed by atoms with Crippen LogP contribution >= 0.6 is 0 Å². The van der Waals surface area contributed by atoms with Gasteiger partial charge in [-0.1, -0.05) is 56.3 Å². The third kappa shape index (κ3) is 5.12. The molecular weight excluding hydrogens is 428 g/mol. The van der Waals surface area contributed by atoms with Gasteiger partial charge < -0.3 is 20.0 Å². The fraction of sp³-hybridized carbons (Fsp3) is 0.500. The van der Waals surface area contributed by atoms with E-state index in [9.17, 15) is 19.8 Å². The Balaban J connectivity index is 1.50. The number of carboxylic acids is 1. The molecule has 2 fully saturated rings. The largest absolute Gasteiger partial charge is 0.508 e. The Morgan fingerprint density at radius 3 is 2.56 bits per heavy atom. The molecule has 2 aliphatic heterocycles. The molecule has 0 aliphatic carbocycles. The number of likely N-dealkylation sites (tertiary alicyclic amines) is 2. The highest BCUT2D eigenvalue weighted by atomic mass is 16.4. The van der Waals surface area contributed by atoms with Gasteiger partial charge in [0.15, 0.2) is 0 Å². The molecule has 2 aliphatic rings. The molecular formula is C28H36N2O4. The number of nitrogens with zero attached hydrogens (tertiary/aromatic N) is 2. The van der Waals surface area contributed by atoms with Crippen molar-refractivity contribution in [3.8, 4) is 5.75 Å². The van der Waals surface area contributed by atoms with Crippen molar-refractivity contribution in [2.45, 2.75) is 51.0 Å². The molecule has 2 aromatic carbocycles. The van der Waals surface area contributed by atoms with E-state index in [0.29, 0.717) is 37.6 Å². The van der Waals surface area contributed by atoms with Crippen LogP contribution in [0.3, 0.4) is 0 Å². The van der Waals surface area contributed by atoms with Crippen LogP contribution in [0.4, 0.5) is 0 Å². The molecule has 6 nitrogen and oxygen atoms in total. The van der Waals surface area contributed by atoms with Crippen LogP contribution in [0.25, 0.3) is 0 Å². The Morgan fingerprint density at radius 2 is 1.88 bits per heavy atom. The van der Waals surface area contributed by atoms with Gasteiger partial charge in [0.25, 0.3) is 0 Å². The van der Waals surface area contributed by atoms with E-state index in [1.165, 1.54) is 0 Å². The van der Waals surface area contributed by atoms with Crippen LogP contribution < -0.4 is 0 Å². The van der Waals surface area contributed by atoms with E-state index in [1.807, 2.05) is 42.5 Å². The zero-order valence-electron chi connectivity index (χ0n) is 20.2. The molecule has 0 aromatic heterocycles. The number of amides is 1. The van der Waals surface area contributed by atoms with Crippen molar-refractivity contribution >= 4 is 11.9 Å². The Bertz CT molecular complexity index is 1010. The number of benzene rings is 2. The first-order chi connectivity index (χ1) is 16.3. The van der Waals surface area contributed by atoms with Crippen molar-refractivity contribution in [2.24, 2.45) is 11.8 Å². The summed E-state index contributed by atoms with van der Waals surface area (Å²) in [5, 5.41) is 19.6. The molecule has 0 saturated carbocycles. The number of aromatic hydroxyl groups is 1. The number of carbonyl (C=O) groups is 2. The molecule has 2 heterocycles. The molecule has 2 aromatic rings. The third-order valence-electron chi connectivity index (χ3n) is 8.05. The highest BCUT2D eigenvalue weighted by Crippen LogP contribution is 2.40. The van der Waals surface area contributed by atoms with Crippen LogP contribution in [0.15, 0.2) is 54.6 Å². The molecule has 6 heteroatoms. The van der Waals surface area contributed by atoms with Gasteiger partial charge in [-0.15, -0.1) is 0 Å². The van der Waals surface area contributed by atoms with E-state index in [2.05, 4.69) is 24.8 Å². The minimum atomic E-state index is -0.905. The quantitative estimate of drug-likeness (QED) is 0.649. The zero-order chi connectivity index (χ0) is 24.3. The first-order valence-corrected chi connectivity index (χ1v) is 12.4. The number of aliphatic carboxylic acids is 1. The highest BCUT2D eigenvalue weighted by molar-refractivity contribution is 5.86. The molecule has 182 valence electrons. The number of hydrogen-bond acceptors (Lipinski definition) is 4. The van der Waals surface area contributed by atoms with Crippen LogP contribution in [0.5, 0.6) is 5.75 Å². The van der Waals surface area contributed by atoms with Crippen molar-refractivity contribution in [2.75, 3.05) is 26.2 Å². The van der Waals surface area contributed by atoms with Crippen molar-refractivity contribution < 1.29 is 19.8 Å². The first-order valence-electron chi connectivity index (χ1n) is 12.4. The molecule has 34 heavy (non-hydrogen) atoms. The number of carbonyl (C=O) groups excluding carboxylic acids is 1. The molecule has 0 spiro atoms. The lowest BCUT2D eigenvalue weighted by molar-refractivity contribution is -0.150. The fourth-order valence-corrected chi connectivity index (χ4v) is 5.73. The smallest absolute Gasteiger partial charge is 0.326 e. The van der Waals surface area contributed by atoms with Crippen molar-refractivity contribution in [3.05, 3.63) is 65.7 Å². The predicted molar refractivity (Wildman–Crippen MR) is 132 cm³/mol. The SMILES string of the molecule is C[C@H]1CN(C[C@H](Cc2ccccc2)C(=O)N2CCC[C@H]2C(=O)O)CC[C@@]1(C)c1cccc(O)c1. The Morgan fingerprint density at radius 1 is 1.12 bits per heavy atom. The monoisotopic (exact) mass is 464 g/mol. The second kappa shape index (κ2) is 10.2. The predicted octanol–water partition coefficient (Wildman–Crippen LogP) is 3.93. The summed E-state index contributed by atoms with van der Waals surface area (Å²) in [5.41, 5.74) is 2.21. The Hall–Kier alpha value is -2.86. The lowest BCUT2D eigenvalue weighted by Gasteiger charge is -2.46. The number of rotatable bonds is 7. The van der Waals surface area contributed by atoms with Crippen LogP contribution in [-0.2, 0) is 21.4 Å². The summed E-state index contributed by atoms with van der Waals surface area (Å²) >= 11 is 0. The summed E-state index contributed by atoms with van der Waals surface area (Å²) in [5.74, 6) is -0.588. The molecule has 0 radical (unpaired) electrons. The molecule has 1 amide bonds. The summed E-state index contributed by atoms with van der Waals surface area (Å²) in [6, 6.07) is 16.9. The third-order valence-corrected chi connectivity index (χ3v) is 8.05. The average molecular weight is 465 g/mol. The summed E-state index contributed by atoms with van der Waals surface area (Å²) in [6.45, 7) is 7.36. The topological polar surface area (TPSA) is 81.1 Å². The van der Waals surface area contributed by atoms with Gasteiger partial charge in [-0.3, -0.25) is 4.79 Å². The van der Waals surface area contributed by atoms with Crippen molar-refractivity contribution in [1.29, 1.82) is 0 Å². The zero-order valence-corrected chi connectivity index (χ0v) is 20.2. The van der Waals surface area contributed by atoms with Gasteiger partial charge in [-0.2, -0.15) is 0 Å². The van der Waals surface area contributed by atoms with Gasteiger partial charge in [0.2, 0.25) is 5.91 Å². The van der Waals surface area contributed by atoms with Crippen LogP contribution in [-0.4, -0.2) is 64.1 Å². The summed E-state index contributed by atoms with van der Waals surface area (Å²) in [6.07, 6.45) is 2.81. The summed E-state index contributed by atoms with van der Waals surface area (Å²) < 4.78 is 0. The number of phenols is 1. The van der Waals surface area contributed by atoms with Gasteiger partial charge in [0, 0.05) is 19.6 Å². The van der Waals surface area contributed by atoms with Crippen LogP contribution in [0.2, 0.25) is 0 Å². The van der Waals surface area contributed by atoms with E-state index in [1.54, 1.807) is 11.0 Å². The molecule has 4 rings (SSSR count). The Kier molecular flexibility index (Phi) is 7.27. The first kappa shape index (κ1) is 24.3. The number of carboxylic acid groups (broad SMARTS) is 1. The lowest BCUT2D eigenvalue weighted by Crippen LogP contribution is -2.51. The van der Waals surface area contributed by atoms with Gasteiger partial charge in [-0.05, 0) is 66.8 Å². The minimum absolute atomic E-state index is 0.0391. The minimum Gasteiger partial charge on any atom is -0.508 e. The Labute approximate surface area is 202 Å². The fourth-order valence-electron chi connectivity index (χ4n) is 5.73. The number of phenolic OH excluding ortho intramolecular Hbond substituents is 1. The van der Waals surface area contributed by atoms with Gasteiger partial charge in [0.1, 0.15) is 11.8 Å². The van der Waals surface area contributed by atoms with Crippen LogP contribution in [0, 0.1) is 11.8 Å². The molecule has 2 N–H and O–H groups in total. The van der Waals surface area contributed by atoms with E-state index < -0.39 is 12.0 Å². The van der Waals surface area contributed by atoms with E-state index >= 15 is 0 Å². The molecule has 2 saturated heterocycles.